The fourth-order valence-electron chi connectivity index (χ4n) is 2.77. The van der Waals surface area contributed by atoms with Crippen molar-refractivity contribution in [2.75, 3.05) is 0 Å². The Kier molecular flexibility index (Phi) is 7.78. The molecule has 1 atom stereocenters. The van der Waals surface area contributed by atoms with Gasteiger partial charge in [-0.2, -0.15) is 0 Å². The fourth-order valence-corrected chi connectivity index (χ4v) is 2.77. The maximum absolute atomic E-state index is 4.31. The minimum absolute atomic E-state index is 0.117. The van der Waals surface area contributed by atoms with Crippen molar-refractivity contribution in [3.05, 3.63) is 23.5 Å². The molecule has 0 aliphatic carbocycles. The second kappa shape index (κ2) is 8.06. The summed E-state index contributed by atoms with van der Waals surface area (Å²) < 4.78 is 0. The summed E-state index contributed by atoms with van der Waals surface area (Å²) in [6, 6.07) is 0. The molecule has 1 unspecified atom stereocenters. The average molecular weight is 294 g/mol. The Balaban J connectivity index is 5.39. The molecule has 0 aliphatic rings. The third-order valence-electron chi connectivity index (χ3n) is 4.18. The summed E-state index contributed by atoms with van der Waals surface area (Å²) in [6.45, 7) is 24.9. The van der Waals surface area contributed by atoms with E-state index in [1.54, 1.807) is 0 Å². The van der Waals surface area contributed by atoms with E-state index in [4.69, 9.17) is 0 Å². The molecule has 0 saturated carbocycles. The van der Waals surface area contributed by atoms with E-state index < -0.39 is 0 Å². The summed E-state index contributed by atoms with van der Waals surface area (Å²) in [7, 11) is 0. The van der Waals surface area contributed by atoms with E-state index in [0.29, 0.717) is 5.92 Å². The first-order chi connectivity index (χ1) is 9.45. The van der Waals surface area contributed by atoms with Gasteiger partial charge in [0.25, 0.3) is 0 Å². The first kappa shape index (κ1) is 20.3. The number of hydrogen-bond acceptors (Lipinski definition) is 1. The Bertz CT molecular complexity index is 360. The smallest absolute Gasteiger partial charge is 0.0200 e. The Hall–Kier alpha value is -0.720. The van der Waals surface area contributed by atoms with Crippen molar-refractivity contribution in [3.63, 3.8) is 0 Å². The van der Waals surface area contributed by atoms with Crippen LogP contribution in [-0.2, 0) is 0 Å². The van der Waals surface area contributed by atoms with E-state index in [1.165, 1.54) is 36.2 Å². The van der Waals surface area contributed by atoms with Crippen LogP contribution in [0, 0.1) is 16.7 Å². The maximum atomic E-state index is 4.31. The number of nitrogens with one attached hydrogen (secondary N) is 1. The zero-order valence-electron chi connectivity index (χ0n) is 16.1. The highest BCUT2D eigenvalue weighted by molar-refractivity contribution is 5.26. The molecule has 0 aromatic rings. The molecule has 0 spiro atoms. The third-order valence-corrected chi connectivity index (χ3v) is 4.18. The number of hydrogen-bond donors (Lipinski definition) is 1. The largest absolute Gasteiger partial charge is 0.362 e. The zero-order chi connectivity index (χ0) is 16.8. The molecule has 1 heteroatoms. The van der Waals surface area contributed by atoms with Crippen LogP contribution in [0.15, 0.2) is 23.5 Å². The summed E-state index contributed by atoms with van der Waals surface area (Å²) >= 11 is 0. The highest BCUT2D eigenvalue weighted by Gasteiger charge is 2.27. The van der Waals surface area contributed by atoms with Crippen LogP contribution in [0.2, 0.25) is 0 Å². The van der Waals surface area contributed by atoms with E-state index in [1.807, 2.05) is 0 Å². The van der Waals surface area contributed by atoms with Gasteiger partial charge in [-0.05, 0) is 29.7 Å². The molecule has 0 fully saturated rings. The van der Waals surface area contributed by atoms with Crippen LogP contribution >= 0.6 is 0 Å². The molecule has 0 bridgehead atoms. The third kappa shape index (κ3) is 6.72. The van der Waals surface area contributed by atoms with Gasteiger partial charge in [0.05, 0.1) is 0 Å². The van der Waals surface area contributed by atoms with Gasteiger partial charge in [-0.25, -0.2) is 0 Å². The van der Waals surface area contributed by atoms with Gasteiger partial charge in [-0.3, -0.25) is 0 Å². The lowest BCUT2D eigenvalue weighted by atomic mass is 9.77. The Morgan fingerprint density at radius 1 is 1.00 bits per heavy atom. The van der Waals surface area contributed by atoms with Crippen LogP contribution in [0.5, 0.6) is 0 Å². The molecule has 1 N–H and O–H groups in total. The van der Waals surface area contributed by atoms with Crippen LogP contribution in [-0.4, -0.2) is 0 Å². The Labute approximate surface area is 134 Å². The molecule has 0 amide bonds. The van der Waals surface area contributed by atoms with Crippen molar-refractivity contribution in [1.82, 2.24) is 5.32 Å². The normalized spacial score (nSPS) is 15.5. The van der Waals surface area contributed by atoms with E-state index in [0.717, 1.165) is 6.42 Å². The second-order valence-corrected chi connectivity index (χ2v) is 8.40. The highest BCUT2D eigenvalue weighted by Crippen LogP contribution is 2.37. The molecular formula is C20H39N. The first-order valence-electron chi connectivity index (χ1n) is 8.65. The van der Waals surface area contributed by atoms with Gasteiger partial charge < -0.3 is 5.32 Å². The van der Waals surface area contributed by atoms with E-state index >= 15 is 0 Å². The van der Waals surface area contributed by atoms with Gasteiger partial charge in [0.1, 0.15) is 0 Å². The van der Waals surface area contributed by atoms with Gasteiger partial charge in [-0.1, -0.05) is 81.7 Å². The number of unbranched alkanes of at least 4 members (excludes halogenated alkanes) is 1. The minimum atomic E-state index is 0.117. The number of allylic oxidation sites excluding steroid dienone is 3. The molecule has 124 valence electrons. The molecular weight excluding hydrogens is 254 g/mol. The standard InChI is InChI=1S/C20H39N/c1-11-13-14-15(3)16(4)21-18(20(8,9)10)17(12-2)19(5,6)7/h15,21H,4,11-14H2,1-3,5-10H3/b18-17+. The van der Waals surface area contributed by atoms with Crippen molar-refractivity contribution in [3.8, 4) is 0 Å². The summed E-state index contributed by atoms with van der Waals surface area (Å²) in [5.74, 6) is 0.528. The predicted molar refractivity (Wildman–Crippen MR) is 97.2 cm³/mol. The van der Waals surface area contributed by atoms with Gasteiger partial charge in [-0.15, -0.1) is 0 Å². The summed E-state index contributed by atoms with van der Waals surface area (Å²) in [5, 5.41) is 3.71. The number of rotatable bonds is 7. The monoisotopic (exact) mass is 293 g/mol. The molecule has 0 aromatic carbocycles. The van der Waals surface area contributed by atoms with Crippen molar-refractivity contribution in [2.24, 2.45) is 16.7 Å². The van der Waals surface area contributed by atoms with Gasteiger partial charge in [0.2, 0.25) is 0 Å². The predicted octanol–water partition coefficient (Wildman–Crippen LogP) is 6.67. The van der Waals surface area contributed by atoms with Gasteiger partial charge >= 0.3 is 0 Å². The summed E-state index contributed by atoms with van der Waals surface area (Å²) in [5.41, 5.74) is 4.36. The Morgan fingerprint density at radius 3 is 1.86 bits per heavy atom. The fraction of sp³-hybridized carbons (Fsp3) is 0.800. The van der Waals surface area contributed by atoms with Crippen LogP contribution in [0.25, 0.3) is 0 Å². The highest BCUT2D eigenvalue weighted by atomic mass is 14.9. The van der Waals surface area contributed by atoms with E-state index in [2.05, 4.69) is 74.2 Å². The van der Waals surface area contributed by atoms with Crippen molar-refractivity contribution >= 4 is 0 Å². The molecule has 0 rings (SSSR count). The lowest BCUT2D eigenvalue weighted by Gasteiger charge is -2.35. The molecule has 21 heavy (non-hydrogen) atoms. The van der Waals surface area contributed by atoms with E-state index in [-0.39, 0.29) is 10.8 Å². The summed E-state index contributed by atoms with van der Waals surface area (Å²) in [6.07, 6.45) is 4.83. The van der Waals surface area contributed by atoms with Crippen molar-refractivity contribution < 1.29 is 0 Å². The van der Waals surface area contributed by atoms with Crippen molar-refractivity contribution in [2.45, 2.75) is 88.0 Å². The molecule has 0 aromatic heterocycles. The average Bonchev–Trinajstić information content (AvgIpc) is 2.32. The van der Waals surface area contributed by atoms with Gasteiger partial charge in [0, 0.05) is 16.8 Å². The van der Waals surface area contributed by atoms with Gasteiger partial charge in [0.15, 0.2) is 0 Å². The topological polar surface area (TPSA) is 12.0 Å². The summed E-state index contributed by atoms with van der Waals surface area (Å²) in [4.78, 5) is 0. The van der Waals surface area contributed by atoms with Crippen molar-refractivity contribution in [1.29, 1.82) is 0 Å². The molecule has 0 heterocycles. The maximum Gasteiger partial charge on any atom is 0.0200 e. The SMILES string of the molecule is C=C(N/C(=C(\CC)C(C)(C)C)C(C)(C)C)C(C)CCCC. The van der Waals surface area contributed by atoms with Crippen LogP contribution < -0.4 is 5.32 Å². The molecule has 0 saturated heterocycles. The molecule has 0 radical (unpaired) electrons. The second-order valence-electron chi connectivity index (χ2n) is 8.40. The van der Waals surface area contributed by atoms with Crippen LogP contribution in [0.1, 0.15) is 88.0 Å². The molecule has 0 aliphatic heterocycles. The zero-order valence-corrected chi connectivity index (χ0v) is 16.1. The minimum Gasteiger partial charge on any atom is -0.362 e. The lowest BCUT2D eigenvalue weighted by Crippen LogP contribution is -2.30. The quantitative estimate of drug-likeness (QED) is 0.552. The lowest BCUT2D eigenvalue weighted by molar-refractivity contribution is 0.406. The van der Waals surface area contributed by atoms with Crippen LogP contribution in [0.3, 0.4) is 0 Å². The Morgan fingerprint density at radius 2 is 1.52 bits per heavy atom. The molecule has 1 nitrogen and oxygen atoms in total. The first-order valence-corrected chi connectivity index (χ1v) is 8.65. The van der Waals surface area contributed by atoms with E-state index in [9.17, 15) is 0 Å². The van der Waals surface area contributed by atoms with Crippen LogP contribution in [0.4, 0.5) is 0 Å².